The molecule has 0 saturated heterocycles. The number of phosphoric acid groups is 2. The summed E-state index contributed by atoms with van der Waals surface area (Å²) in [6.07, 6.45) is 48.6. The molecule has 0 amide bonds. The lowest BCUT2D eigenvalue weighted by Crippen LogP contribution is -2.30. The summed E-state index contributed by atoms with van der Waals surface area (Å²) >= 11 is 0. The Morgan fingerprint density at radius 1 is 0.298 bits per heavy atom. The van der Waals surface area contributed by atoms with Gasteiger partial charge in [-0.3, -0.25) is 37.3 Å². The molecule has 6 atom stereocenters. The first-order valence-corrected chi connectivity index (χ1v) is 41.7. The SMILES string of the molecule is CCC(C)CCCCCCCCC(=O)OC[C@H](COP(=O)(O)OC[C@H](O)COP(=O)(O)OC[C@@H](COC(=O)CCCCCCCCCCCCCCCCC(C)C)OC(=O)CCCCCCCCCCC(C)C)OC(=O)CCCCCCCCCCCCCCCC(C)C. The molecule has 17 nitrogen and oxygen atoms in total. The van der Waals surface area contributed by atoms with Crippen LogP contribution in [-0.2, 0) is 65.4 Å². The summed E-state index contributed by atoms with van der Waals surface area (Å²) in [6.45, 7) is 14.2. The Hall–Kier alpha value is -1.94. The highest BCUT2D eigenvalue weighted by molar-refractivity contribution is 7.47. The summed E-state index contributed by atoms with van der Waals surface area (Å²) in [6, 6.07) is 0. The highest BCUT2D eigenvalue weighted by Crippen LogP contribution is 2.45. The molecule has 0 aromatic carbocycles. The van der Waals surface area contributed by atoms with Gasteiger partial charge in [-0.25, -0.2) is 9.13 Å². The first kappa shape index (κ1) is 92.1. The molecule has 0 aliphatic heterocycles. The lowest BCUT2D eigenvalue weighted by atomic mass is 10.00. The fraction of sp³-hybridized carbons (Fsp3) is 0.947. The summed E-state index contributed by atoms with van der Waals surface area (Å²) in [7, 11) is -9.91. The van der Waals surface area contributed by atoms with E-state index in [1.807, 2.05) is 0 Å². The van der Waals surface area contributed by atoms with E-state index in [1.165, 1.54) is 173 Å². The van der Waals surface area contributed by atoms with Crippen LogP contribution in [0.5, 0.6) is 0 Å². The number of carbonyl (C=O) groups is 4. The molecule has 0 aliphatic rings. The third-order valence-electron chi connectivity index (χ3n) is 17.7. The van der Waals surface area contributed by atoms with Crippen LogP contribution < -0.4 is 0 Å². The molecule has 94 heavy (non-hydrogen) atoms. The third-order valence-corrected chi connectivity index (χ3v) is 19.6. The summed E-state index contributed by atoms with van der Waals surface area (Å²) in [4.78, 5) is 72.7. The zero-order chi connectivity index (χ0) is 69.6. The van der Waals surface area contributed by atoms with Gasteiger partial charge in [0.2, 0.25) is 0 Å². The smallest absolute Gasteiger partial charge is 0.462 e. The minimum absolute atomic E-state index is 0.104. The highest BCUT2D eigenvalue weighted by Gasteiger charge is 2.30. The van der Waals surface area contributed by atoms with Gasteiger partial charge in [0.05, 0.1) is 26.4 Å². The molecule has 3 N–H and O–H groups in total. The summed E-state index contributed by atoms with van der Waals surface area (Å²) < 4.78 is 68.5. The maximum absolute atomic E-state index is 13.1. The maximum atomic E-state index is 13.1. The molecule has 0 spiro atoms. The van der Waals surface area contributed by atoms with Gasteiger partial charge in [-0.2, -0.15) is 0 Å². The Kier molecular flexibility index (Phi) is 63.1. The van der Waals surface area contributed by atoms with Crippen LogP contribution in [0.4, 0.5) is 0 Å². The molecular weight excluding hydrogens is 1230 g/mol. The van der Waals surface area contributed by atoms with Gasteiger partial charge < -0.3 is 33.8 Å². The van der Waals surface area contributed by atoms with Crippen molar-refractivity contribution in [2.75, 3.05) is 39.6 Å². The van der Waals surface area contributed by atoms with E-state index in [9.17, 15) is 43.2 Å². The van der Waals surface area contributed by atoms with E-state index in [4.69, 9.17) is 37.0 Å². The van der Waals surface area contributed by atoms with Gasteiger partial charge >= 0.3 is 39.5 Å². The average molecular weight is 1380 g/mol. The quantitative estimate of drug-likeness (QED) is 0.0222. The van der Waals surface area contributed by atoms with Gasteiger partial charge in [0.1, 0.15) is 19.3 Å². The second kappa shape index (κ2) is 64.4. The summed E-state index contributed by atoms with van der Waals surface area (Å²) in [5.41, 5.74) is 0. The molecule has 0 bridgehead atoms. The molecule has 0 fully saturated rings. The predicted molar refractivity (Wildman–Crippen MR) is 381 cm³/mol. The van der Waals surface area contributed by atoms with E-state index in [0.717, 1.165) is 120 Å². The van der Waals surface area contributed by atoms with Crippen molar-refractivity contribution in [2.45, 2.75) is 395 Å². The van der Waals surface area contributed by atoms with Gasteiger partial charge in [-0.1, -0.05) is 325 Å². The number of carbonyl (C=O) groups excluding carboxylic acids is 4. The normalized spacial score (nSPS) is 14.4. The topological polar surface area (TPSA) is 237 Å². The van der Waals surface area contributed by atoms with Crippen LogP contribution >= 0.6 is 15.6 Å². The zero-order valence-electron chi connectivity index (χ0n) is 61.6. The molecule has 558 valence electrons. The Bertz CT molecular complexity index is 1850. The molecule has 19 heteroatoms. The Labute approximate surface area is 575 Å². The number of esters is 4. The molecule has 0 rings (SSSR count). The number of rotatable bonds is 72. The van der Waals surface area contributed by atoms with Crippen molar-refractivity contribution >= 4 is 39.5 Å². The Morgan fingerprint density at radius 2 is 0.511 bits per heavy atom. The first-order chi connectivity index (χ1) is 45.1. The minimum atomic E-state index is -4.96. The zero-order valence-corrected chi connectivity index (χ0v) is 63.4. The largest absolute Gasteiger partial charge is 0.472 e. The Morgan fingerprint density at radius 3 is 0.755 bits per heavy atom. The number of aliphatic hydroxyl groups is 1. The number of hydrogen-bond acceptors (Lipinski definition) is 15. The molecule has 3 unspecified atom stereocenters. The van der Waals surface area contributed by atoms with Gasteiger partial charge in [0.15, 0.2) is 12.2 Å². The van der Waals surface area contributed by atoms with Gasteiger partial charge in [-0.05, 0) is 49.4 Å². The standard InChI is InChI=1S/C75H146O17P2/c1-9-68(8)54-46-38-33-34-40-48-56-73(78)86-62-71(91-74(79)57-49-41-31-24-20-16-12-14-18-22-28-36-44-52-66(4)5)64-90-94(83,84)88-60-69(76)59-87-93(81,82)89-63-70(92-75(80)58-50-42-32-26-25-29-37-45-53-67(6)7)61-85-72(77)55-47-39-30-23-19-15-11-10-13-17-21-27-35-43-51-65(2)3/h65-71,76H,9-64H2,1-8H3,(H,81,82)(H,83,84)/t68?,69-,70-,71-/m1/s1. The minimum Gasteiger partial charge on any atom is -0.462 e. The highest BCUT2D eigenvalue weighted by atomic mass is 31.2. The van der Waals surface area contributed by atoms with Crippen molar-refractivity contribution in [1.29, 1.82) is 0 Å². The fourth-order valence-corrected chi connectivity index (χ4v) is 12.9. The lowest BCUT2D eigenvalue weighted by Gasteiger charge is -2.21. The van der Waals surface area contributed by atoms with E-state index in [0.29, 0.717) is 25.7 Å². The van der Waals surface area contributed by atoms with Gasteiger partial charge in [0, 0.05) is 25.7 Å². The summed E-state index contributed by atoms with van der Waals surface area (Å²) in [5, 5.41) is 10.6. The first-order valence-electron chi connectivity index (χ1n) is 38.7. The van der Waals surface area contributed by atoms with Crippen LogP contribution in [-0.4, -0.2) is 96.7 Å². The van der Waals surface area contributed by atoms with Gasteiger partial charge in [0.25, 0.3) is 0 Å². The molecule has 0 aliphatic carbocycles. The van der Waals surface area contributed by atoms with E-state index in [1.54, 1.807) is 0 Å². The van der Waals surface area contributed by atoms with E-state index < -0.39 is 97.5 Å². The van der Waals surface area contributed by atoms with Crippen molar-refractivity contribution in [2.24, 2.45) is 23.7 Å². The van der Waals surface area contributed by atoms with Crippen molar-refractivity contribution in [3.05, 3.63) is 0 Å². The maximum Gasteiger partial charge on any atom is 0.472 e. The fourth-order valence-electron chi connectivity index (χ4n) is 11.3. The van der Waals surface area contributed by atoms with E-state index in [-0.39, 0.29) is 25.7 Å². The third kappa shape index (κ3) is 67.3. The number of aliphatic hydroxyl groups excluding tert-OH is 1. The monoisotopic (exact) mass is 1380 g/mol. The van der Waals surface area contributed by atoms with Crippen LogP contribution in [0.3, 0.4) is 0 Å². The van der Waals surface area contributed by atoms with Crippen molar-refractivity contribution in [3.8, 4) is 0 Å². The van der Waals surface area contributed by atoms with Crippen molar-refractivity contribution in [3.63, 3.8) is 0 Å². The van der Waals surface area contributed by atoms with E-state index in [2.05, 4.69) is 55.4 Å². The second-order valence-electron chi connectivity index (χ2n) is 28.7. The molecular formula is C75H146O17P2. The van der Waals surface area contributed by atoms with Crippen molar-refractivity contribution < 1.29 is 80.2 Å². The summed E-state index contributed by atoms with van der Waals surface area (Å²) in [5.74, 6) is 0.910. The number of hydrogen-bond donors (Lipinski definition) is 3. The Balaban J connectivity index is 5.22. The lowest BCUT2D eigenvalue weighted by molar-refractivity contribution is -0.161. The average Bonchev–Trinajstić information content (AvgIpc) is 1.74. The number of ether oxygens (including phenoxy) is 4. The number of unbranched alkanes of at least 4 members (excludes halogenated alkanes) is 37. The van der Waals surface area contributed by atoms with Crippen LogP contribution in [0.25, 0.3) is 0 Å². The van der Waals surface area contributed by atoms with Crippen LogP contribution in [0.15, 0.2) is 0 Å². The van der Waals surface area contributed by atoms with Crippen LogP contribution in [0.2, 0.25) is 0 Å². The predicted octanol–water partition coefficient (Wildman–Crippen LogP) is 21.7. The van der Waals surface area contributed by atoms with E-state index >= 15 is 0 Å². The molecule has 0 saturated carbocycles. The molecule has 0 aromatic rings. The van der Waals surface area contributed by atoms with Gasteiger partial charge in [-0.15, -0.1) is 0 Å². The number of phosphoric ester groups is 2. The second-order valence-corrected chi connectivity index (χ2v) is 31.6. The molecule has 0 heterocycles. The van der Waals surface area contributed by atoms with Crippen LogP contribution in [0, 0.1) is 23.7 Å². The van der Waals surface area contributed by atoms with Crippen molar-refractivity contribution in [1.82, 2.24) is 0 Å². The molecule has 0 radical (unpaired) electrons. The van der Waals surface area contributed by atoms with Crippen LogP contribution in [0.1, 0.15) is 376 Å². The molecule has 0 aromatic heterocycles.